The normalized spacial score (nSPS) is 17.7. The number of nitrogens with two attached hydrogens (primary N) is 1. The molecule has 116 valence electrons. The lowest BCUT2D eigenvalue weighted by Gasteiger charge is -2.26. The van der Waals surface area contributed by atoms with Gasteiger partial charge in [0, 0.05) is 23.1 Å². The summed E-state index contributed by atoms with van der Waals surface area (Å²) in [7, 11) is -3.64. The molecule has 0 unspecified atom stereocenters. The van der Waals surface area contributed by atoms with Gasteiger partial charge in [0.15, 0.2) is 5.84 Å². The molecule has 0 amide bonds. The Hall–Kier alpha value is -1.32. The summed E-state index contributed by atoms with van der Waals surface area (Å²) in [6.07, 6.45) is 2.75. The van der Waals surface area contributed by atoms with E-state index in [2.05, 4.69) is 25.8 Å². The lowest BCUT2D eigenvalue weighted by molar-refractivity contribution is 0.318. The molecule has 7 nitrogen and oxygen atoms in total. The van der Waals surface area contributed by atoms with E-state index in [1.54, 1.807) is 18.2 Å². The van der Waals surface area contributed by atoms with Crippen LogP contribution < -0.4 is 10.5 Å². The number of nitrogens with one attached hydrogen (secondary N) is 1. The molecule has 1 saturated heterocycles. The van der Waals surface area contributed by atoms with Gasteiger partial charge in [0.05, 0.1) is 5.69 Å². The number of halogens is 1. The molecular weight excluding hydrogens is 360 g/mol. The molecule has 1 heterocycles. The Bertz CT molecular complexity index is 642. The van der Waals surface area contributed by atoms with Crippen molar-refractivity contribution in [1.82, 2.24) is 4.31 Å². The number of hydrogen-bond acceptors (Lipinski definition) is 4. The summed E-state index contributed by atoms with van der Waals surface area (Å²) < 4.78 is 29.3. The number of piperidine rings is 1. The molecule has 0 bridgehead atoms. The zero-order chi connectivity index (χ0) is 15.5. The SMILES string of the molecule is N/C(=N/O)c1cc(Br)ccc1NS(=O)(=O)N1CCCCC1. The second-order valence-electron chi connectivity index (χ2n) is 4.74. The van der Waals surface area contributed by atoms with Crippen LogP contribution in [0.1, 0.15) is 24.8 Å². The van der Waals surface area contributed by atoms with Crippen molar-refractivity contribution in [3.05, 3.63) is 28.2 Å². The van der Waals surface area contributed by atoms with Crippen molar-refractivity contribution < 1.29 is 13.6 Å². The summed E-state index contributed by atoms with van der Waals surface area (Å²) >= 11 is 3.27. The maximum atomic E-state index is 12.4. The van der Waals surface area contributed by atoms with Gasteiger partial charge in [-0.15, -0.1) is 0 Å². The summed E-state index contributed by atoms with van der Waals surface area (Å²) in [6.45, 7) is 1.01. The van der Waals surface area contributed by atoms with E-state index in [-0.39, 0.29) is 11.5 Å². The standard InChI is InChI=1S/C12H17BrN4O3S/c13-9-4-5-11(10(8-9)12(14)15-18)16-21(19,20)17-6-2-1-3-7-17/h4-5,8,16,18H,1-3,6-7H2,(H2,14,15). The summed E-state index contributed by atoms with van der Waals surface area (Å²) in [4.78, 5) is 0. The molecule has 0 atom stereocenters. The summed E-state index contributed by atoms with van der Waals surface area (Å²) in [5.74, 6) is -0.160. The Morgan fingerprint density at radius 1 is 1.33 bits per heavy atom. The van der Waals surface area contributed by atoms with Crippen LogP contribution in [-0.2, 0) is 10.2 Å². The number of nitrogens with zero attached hydrogens (tertiary/aromatic N) is 2. The Morgan fingerprint density at radius 2 is 2.00 bits per heavy atom. The Morgan fingerprint density at radius 3 is 2.62 bits per heavy atom. The zero-order valence-electron chi connectivity index (χ0n) is 11.3. The van der Waals surface area contributed by atoms with Crippen molar-refractivity contribution >= 4 is 37.7 Å². The molecule has 1 aromatic rings. The molecule has 0 aliphatic carbocycles. The summed E-state index contributed by atoms with van der Waals surface area (Å²) in [6, 6.07) is 4.84. The first-order chi connectivity index (χ1) is 9.94. The van der Waals surface area contributed by atoms with Gasteiger partial charge in [-0.05, 0) is 31.0 Å². The number of anilines is 1. The van der Waals surface area contributed by atoms with E-state index in [1.165, 1.54) is 4.31 Å². The molecule has 4 N–H and O–H groups in total. The van der Waals surface area contributed by atoms with E-state index in [1.807, 2.05) is 0 Å². The van der Waals surface area contributed by atoms with E-state index in [0.717, 1.165) is 19.3 Å². The van der Waals surface area contributed by atoms with Gasteiger partial charge in [0.1, 0.15) is 0 Å². The number of amidine groups is 1. The van der Waals surface area contributed by atoms with Crippen LogP contribution in [0.2, 0.25) is 0 Å². The van der Waals surface area contributed by atoms with Gasteiger partial charge in [-0.3, -0.25) is 4.72 Å². The second-order valence-corrected chi connectivity index (χ2v) is 7.33. The molecule has 1 fully saturated rings. The fourth-order valence-electron chi connectivity index (χ4n) is 2.18. The molecule has 0 radical (unpaired) electrons. The van der Waals surface area contributed by atoms with Crippen LogP contribution in [-0.4, -0.2) is 36.9 Å². The van der Waals surface area contributed by atoms with Gasteiger partial charge in [0.25, 0.3) is 0 Å². The zero-order valence-corrected chi connectivity index (χ0v) is 13.7. The van der Waals surface area contributed by atoms with Crippen LogP contribution in [0.5, 0.6) is 0 Å². The molecule has 0 saturated carbocycles. The first-order valence-corrected chi connectivity index (χ1v) is 8.72. The molecule has 2 rings (SSSR count). The smallest absolute Gasteiger partial charge is 0.301 e. The van der Waals surface area contributed by atoms with Gasteiger partial charge in [-0.2, -0.15) is 12.7 Å². The highest BCUT2D eigenvalue weighted by Crippen LogP contribution is 2.23. The topological polar surface area (TPSA) is 108 Å². The summed E-state index contributed by atoms with van der Waals surface area (Å²) in [5.41, 5.74) is 6.18. The quantitative estimate of drug-likeness (QED) is 0.321. The van der Waals surface area contributed by atoms with Crippen LogP contribution in [0, 0.1) is 0 Å². The van der Waals surface area contributed by atoms with Crippen molar-refractivity contribution in [3.63, 3.8) is 0 Å². The van der Waals surface area contributed by atoms with Crippen molar-refractivity contribution in [2.24, 2.45) is 10.9 Å². The van der Waals surface area contributed by atoms with Crippen LogP contribution in [0.4, 0.5) is 5.69 Å². The maximum absolute atomic E-state index is 12.4. The van der Waals surface area contributed by atoms with Crippen LogP contribution in [0.25, 0.3) is 0 Å². The van der Waals surface area contributed by atoms with Crippen molar-refractivity contribution in [2.45, 2.75) is 19.3 Å². The van der Waals surface area contributed by atoms with Crippen molar-refractivity contribution in [1.29, 1.82) is 0 Å². The van der Waals surface area contributed by atoms with Crippen LogP contribution in [0.15, 0.2) is 27.8 Å². The van der Waals surface area contributed by atoms with Crippen LogP contribution in [0.3, 0.4) is 0 Å². The predicted octanol–water partition coefficient (Wildman–Crippen LogP) is 1.69. The number of oxime groups is 1. The second kappa shape index (κ2) is 6.63. The summed E-state index contributed by atoms with van der Waals surface area (Å²) in [5, 5.41) is 11.7. The molecule has 1 aliphatic heterocycles. The minimum atomic E-state index is -3.64. The van der Waals surface area contributed by atoms with E-state index < -0.39 is 10.2 Å². The molecule has 0 aromatic heterocycles. The highest BCUT2D eigenvalue weighted by molar-refractivity contribution is 9.10. The molecule has 21 heavy (non-hydrogen) atoms. The predicted molar refractivity (Wildman–Crippen MR) is 84.6 cm³/mol. The molecular formula is C12H17BrN4O3S. The van der Waals surface area contributed by atoms with Gasteiger partial charge in [-0.1, -0.05) is 27.5 Å². The molecule has 1 aliphatic rings. The average Bonchev–Trinajstić information content (AvgIpc) is 2.49. The third-order valence-corrected chi connectivity index (χ3v) is 5.28. The Kier molecular flexibility index (Phi) is 5.07. The minimum Gasteiger partial charge on any atom is -0.409 e. The number of hydrogen-bond donors (Lipinski definition) is 3. The van der Waals surface area contributed by atoms with E-state index >= 15 is 0 Å². The fraction of sp³-hybridized carbons (Fsp3) is 0.417. The lowest BCUT2D eigenvalue weighted by Crippen LogP contribution is -2.39. The average molecular weight is 377 g/mol. The monoisotopic (exact) mass is 376 g/mol. The number of benzene rings is 1. The van der Waals surface area contributed by atoms with Gasteiger partial charge in [0.2, 0.25) is 0 Å². The third kappa shape index (κ3) is 3.86. The lowest BCUT2D eigenvalue weighted by atomic mass is 10.2. The Labute approximate surface area is 132 Å². The fourth-order valence-corrected chi connectivity index (χ4v) is 3.87. The first-order valence-electron chi connectivity index (χ1n) is 6.49. The molecule has 0 spiro atoms. The maximum Gasteiger partial charge on any atom is 0.301 e. The first kappa shape index (κ1) is 16.1. The molecule has 9 heteroatoms. The van der Waals surface area contributed by atoms with Crippen LogP contribution >= 0.6 is 15.9 Å². The van der Waals surface area contributed by atoms with E-state index in [4.69, 9.17) is 10.9 Å². The van der Waals surface area contributed by atoms with Crippen molar-refractivity contribution in [3.8, 4) is 0 Å². The minimum absolute atomic E-state index is 0.160. The highest BCUT2D eigenvalue weighted by atomic mass is 79.9. The highest BCUT2D eigenvalue weighted by Gasteiger charge is 2.25. The van der Waals surface area contributed by atoms with Gasteiger partial charge < -0.3 is 10.9 Å². The molecule has 1 aromatic carbocycles. The third-order valence-electron chi connectivity index (χ3n) is 3.26. The number of rotatable bonds is 4. The van der Waals surface area contributed by atoms with E-state index in [9.17, 15) is 8.42 Å². The largest absolute Gasteiger partial charge is 0.409 e. The van der Waals surface area contributed by atoms with E-state index in [0.29, 0.717) is 23.1 Å². The van der Waals surface area contributed by atoms with Crippen molar-refractivity contribution in [2.75, 3.05) is 17.8 Å². The Balaban J connectivity index is 2.30. The van der Waals surface area contributed by atoms with Gasteiger partial charge in [-0.25, -0.2) is 0 Å². The van der Waals surface area contributed by atoms with Gasteiger partial charge >= 0.3 is 10.2 Å².